The molecule has 0 amide bonds. The van der Waals surface area contributed by atoms with Crippen LogP contribution in [0, 0.1) is 11.8 Å². The van der Waals surface area contributed by atoms with Crippen LogP contribution in [0.5, 0.6) is 5.75 Å². The molecule has 0 aliphatic rings. The van der Waals surface area contributed by atoms with Crippen molar-refractivity contribution >= 4 is 12.2 Å². The zero-order chi connectivity index (χ0) is 14.4. The first kappa shape index (κ1) is 15.4. The highest BCUT2D eigenvalue weighted by atomic mass is 16.5. The normalized spacial score (nSPS) is 13.2. The Hall–Kier alpha value is -1.68. The van der Waals surface area contributed by atoms with Gasteiger partial charge in [-0.05, 0) is 23.6 Å². The predicted octanol–water partition coefficient (Wildman–Crippen LogP) is 2.64. The van der Waals surface area contributed by atoms with E-state index in [1.54, 1.807) is 38.3 Å². The van der Waals surface area contributed by atoms with Crippen LogP contribution in [0.3, 0.4) is 0 Å². The van der Waals surface area contributed by atoms with E-state index in [2.05, 4.69) is 4.99 Å². The third-order valence-corrected chi connectivity index (χ3v) is 2.52. The lowest BCUT2D eigenvalue weighted by atomic mass is 10.2. The minimum atomic E-state index is -0.720. The third kappa shape index (κ3) is 5.22. The number of aliphatic hydroxyl groups excluding tert-OH is 1. The van der Waals surface area contributed by atoms with Gasteiger partial charge in [-0.3, -0.25) is 9.79 Å². The van der Waals surface area contributed by atoms with Crippen LogP contribution >= 0.6 is 0 Å². The number of carbonyl (C=O) groups excluding carboxylic acids is 1. The van der Waals surface area contributed by atoms with Crippen molar-refractivity contribution in [3.63, 3.8) is 0 Å². The highest BCUT2D eigenvalue weighted by Crippen LogP contribution is 2.14. The Kier molecular flexibility index (Phi) is 5.70. The van der Waals surface area contributed by atoms with Gasteiger partial charge in [0.2, 0.25) is 0 Å². The monoisotopic (exact) mass is 263 g/mol. The van der Waals surface area contributed by atoms with Gasteiger partial charge in [0.25, 0.3) is 0 Å². The topological polar surface area (TPSA) is 58.9 Å². The number of ether oxygens (including phenoxy) is 1. The fourth-order valence-electron chi connectivity index (χ4n) is 1.23. The molecule has 0 fully saturated rings. The molecular formula is C15H21NO3. The number of esters is 1. The summed E-state index contributed by atoms with van der Waals surface area (Å²) in [7, 11) is 0. The molecule has 19 heavy (non-hydrogen) atoms. The molecule has 1 N–H and O–H groups in total. The second-order valence-corrected chi connectivity index (χ2v) is 5.08. The SMILES string of the molecule is CC(C)C(=O)Oc1cccc(C=NC(O)C(C)C)c1. The van der Waals surface area contributed by atoms with Crippen molar-refractivity contribution in [3.8, 4) is 5.75 Å². The van der Waals surface area contributed by atoms with Gasteiger partial charge in [-0.15, -0.1) is 0 Å². The van der Waals surface area contributed by atoms with Gasteiger partial charge in [-0.1, -0.05) is 39.8 Å². The van der Waals surface area contributed by atoms with Crippen LogP contribution in [0.25, 0.3) is 0 Å². The number of rotatable bonds is 5. The van der Waals surface area contributed by atoms with Crippen molar-refractivity contribution in [2.45, 2.75) is 33.9 Å². The second-order valence-electron chi connectivity index (χ2n) is 5.08. The highest BCUT2D eigenvalue weighted by molar-refractivity contribution is 5.81. The number of aliphatic imine (C=N–C) groups is 1. The average Bonchev–Trinajstić information content (AvgIpc) is 2.36. The Morgan fingerprint density at radius 1 is 1.32 bits per heavy atom. The summed E-state index contributed by atoms with van der Waals surface area (Å²) in [6, 6.07) is 7.06. The predicted molar refractivity (Wildman–Crippen MR) is 75.4 cm³/mol. The van der Waals surface area contributed by atoms with Crippen LogP contribution in [-0.4, -0.2) is 23.5 Å². The molecule has 4 heteroatoms. The van der Waals surface area contributed by atoms with Gasteiger partial charge in [0.05, 0.1) is 5.92 Å². The Bertz CT molecular complexity index is 452. The zero-order valence-electron chi connectivity index (χ0n) is 11.8. The molecule has 0 radical (unpaired) electrons. The molecule has 4 nitrogen and oxygen atoms in total. The molecule has 0 saturated carbocycles. The summed E-state index contributed by atoms with van der Waals surface area (Å²) in [5, 5.41) is 9.59. The molecule has 0 spiro atoms. The molecule has 0 aromatic heterocycles. The molecule has 0 aliphatic carbocycles. The Morgan fingerprint density at radius 3 is 2.58 bits per heavy atom. The Morgan fingerprint density at radius 2 is 2.00 bits per heavy atom. The number of nitrogens with zero attached hydrogens (tertiary/aromatic N) is 1. The number of hydrogen-bond donors (Lipinski definition) is 1. The van der Waals surface area contributed by atoms with E-state index in [9.17, 15) is 9.90 Å². The van der Waals surface area contributed by atoms with Crippen LogP contribution in [0.4, 0.5) is 0 Å². The summed E-state index contributed by atoms with van der Waals surface area (Å²) in [4.78, 5) is 15.5. The molecule has 1 rings (SSSR count). The summed E-state index contributed by atoms with van der Waals surface area (Å²) in [6.45, 7) is 7.35. The van der Waals surface area contributed by atoms with E-state index in [0.29, 0.717) is 5.75 Å². The lowest BCUT2D eigenvalue weighted by Crippen LogP contribution is -2.14. The van der Waals surface area contributed by atoms with Gasteiger partial charge in [-0.25, -0.2) is 0 Å². The smallest absolute Gasteiger partial charge is 0.313 e. The maximum Gasteiger partial charge on any atom is 0.313 e. The van der Waals surface area contributed by atoms with Crippen LogP contribution in [0.1, 0.15) is 33.3 Å². The van der Waals surface area contributed by atoms with Crippen molar-refractivity contribution in [1.29, 1.82) is 0 Å². The van der Waals surface area contributed by atoms with Crippen molar-refractivity contribution < 1.29 is 14.6 Å². The average molecular weight is 263 g/mol. The van der Waals surface area contributed by atoms with Gasteiger partial charge in [0.1, 0.15) is 12.0 Å². The first-order chi connectivity index (χ1) is 8.90. The Labute approximate surface area is 114 Å². The minimum absolute atomic E-state index is 0.0678. The van der Waals surface area contributed by atoms with Crippen molar-refractivity contribution in [2.75, 3.05) is 0 Å². The van der Waals surface area contributed by atoms with E-state index in [1.165, 1.54) is 0 Å². The molecule has 104 valence electrons. The number of benzene rings is 1. The van der Waals surface area contributed by atoms with Gasteiger partial charge in [0, 0.05) is 6.21 Å². The first-order valence-corrected chi connectivity index (χ1v) is 6.43. The van der Waals surface area contributed by atoms with Crippen LogP contribution < -0.4 is 4.74 Å². The van der Waals surface area contributed by atoms with E-state index in [1.807, 2.05) is 19.9 Å². The summed E-state index contributed by atoms with van der Waals surface area (Å²) in [5.74, 6) is 0.122. The summed E-state index contributed by atoms with van der Waals surface area (Å²) in [6.07, 6.45) is 0.860. The van der Waals surface area contributed by atoms with Crippen molar-refractivity contribution in [2.24, 2.45) is 16.8 Å². The lowest BCUT2D eigenvalue weighted by molar-refractivity contribution is -0.137. The Balaban J connectivity index is 2.75. The molecule has 0 saturated heterocycles. The van der Waals surface area contributed by atoms with Crippen molar-refractivity contribution in [3.05, 3.63) is 29.8 Å². The summed E-state index contributed by atoms with van der Waals surface area (Å²) in [5.41, 5.74) is 0.786. The second kappa shape index (κ2) is 7.04. The number of carbonyl (C=O) groups is 1. The maximum atomic E-state index is 11.5. The van der Waals surface area contributed by atoms with Gasteiger partial charge >= 0.3 is 5.97 Å². The number of aliphatic hydroxyl groups is 1. The third-order valence-electron chi connectivity index (χ3n) is 2.52. The van der Waals surface area contributed by atoms with E-state index in [4.69, 9.17) is 4.74 Å². The zero-order valence-corrected chi connectivity index (χ0v) is 11.8. The van der Waals surface area contributed by atoms with E-state index in [-0.39, 0.29) is 17.8 Å². The van der Waals surface area contributed by atoms with Gasteiger partial charge in [-0.2, -0.15) is 0 Å². The summed E-state index contributed by atoms with van der Waals surface area (Å²) >= 11 is 0. The molecule has 0 aliphatic heterocycles. The maximum absolute atomic E-state index is 11.5. The fourth-order valence-corrected chi connectivity index (χ4v) is 1.23. The van der Waals surface area contributed by atoms with E-state index in [0.717, 1.165) is 5.56 Å². The van der Waals surface area contributed by atoms with Crippen LogP contribution in [0.2, 0.25) is 0 Å². The molecular weight excluding hydrogens is 242 g/mol. The van der Waals surface area contributed by atoms with Crippen LogP contribution in [-0.2, 0) is 4.79 Å². The minimum Gasteiger partial charge on any atom is -0.426 e. The fraction of sp³-hybridized carbons (Fsp3) is 0.467. The first-order valence-electron chi connectivity index (χ1n) is 6.43. The highest BCUT2D eigenvalue weighted by Gasteiger charge is 2.09. The van der Waals surface area contributed by atoms with E-state index >= 15 is 0 Å². The quantitative estimate of drug-likeness (QED) is 0.504. The largest absolute Gasteiger partial charge is 0.426 e. The van der Waals surface area contributed by atoms with Crippen LogP contribution in [0.15, 0.2) is 29.3 Å². The molecule has 1 unspecified atom stereocenters. The molecule has 1 aromatic carbocycles. The number of hydrogen-bond acceptors (Lipinski definition) is 4. The van der Waals surface area contributed by atoms with Crippen molar-refractivity contribution in [1.82, 2.24) is 0 Å². The lowest BCUT2D eigenvalue weighted by Gasteiger charge is -2.09. The molecule has 0 heterocycles. The molecule has 1 aromatic rings. The molecule has 1 atom stereocenters. The van der Waals surface area contributed by atoms with Gasteiger partial charge < -0.3 is 9.84 Å². The standard InChI is InChI=1S/C15H21NO3/c1-10(2)14(17)16-9-12-6-5-7-13(8-12)19-15(18)11(3)4/h5-11,14,17H,1-4H3. The molecule has 0 bridgehead atoms. The van der Waals surface area contributed by atoms with E-state index < -0.39 is 6.23 Å². The van der Waals surface area contributed by atoms with Gasteiger partial charge in [0.15, 0.2) is 0 Å². The summed E-state index contributed by atoms with van der Waals surface area (Å²) < 4.78 is 5.21.